The molecule has 0 atom stereocenters. The van der Waals surface area contributed by atoms with Crippen LogP contribution >= 0.6 is 11.3 Å². The highest BCUT2D eigenvalue weighted by molar-refractivity contribution is 7.15. The van der Waals surface area contributed by atoms with Crippen LogP contribution in [0.2, 0.25) is 0 Å². The Morgan fingerprint density at radius 2 is 2.17 bits per heavy atom. The van der Waals surface area contributed by atoms with E-state index in [1.165, 1.54) is 16.9 Å². The lowest BCUT2D eigenvalue weighted by molar-refractivity contribution is -0.116. The van der Waals surface area contributed by atoms with Crippen molar-refractivity contribution in [2.45, 2.75) is 33.1 Å². The van der Waals surface area contributed by atoms with E-state index in [0.29, 0.717) is 24.7 Å². The van der Waals surface area contributed by atoms with Gasteiger partial charge in [0.05, 0.1) is 6.61 Å². The van der Waals surface area contributed by atoms with E-state index < -0.39 is 0 Å². The van der Waals surface area contributed by atoms with Crippen LogP contribution in [0.1, 0.15) is 29.0 Å². The summed E-state index contributed by atoms with van der Waals surface area (Å²) in [6.45, 7) is 5.04. The summed E-state index contributed by atoms with van der Waals surface area (Å²) in [4.78, 5) is 11.4. The van der Waals surface area contributed by atoms with Crippen LogP contribution in [0, 0.1) is 13.8 Å². The Labute approximate surface area is 140 Å². The molecule has 7 heteroatoms. The molecule has 2 aromatic rings. The first kappa shape index (κ1) is 17.4. The number of nitrogens with one attached hydrogen (secondary N) is 1. The maximum absolute atomic E-state index is 11.4. The Balaban J connectivity index is 1.75. The van der Waals surface area contributed by atoms with E-state index in [9.17, 15) is 4.79 Å². The minimum absolute atomic E-state index is 0.131. The van der Waals surface area contributed by atoms with Crippen LogP contribution in [0.15, 0.2) is 18.2 Å². The summed E-state index contributed by atoms with van der Waals surface area (Å²) in [6.07, 6.45) is 1.91. The smallest absolute Gasteiger partial charge is 0.227 e. The van der Waals surface area contributed by atoms with Gasteiger partial charge in [-0.1, -0.05) is 23.5 Å². The number of carbonyl (C=O) groups is 1. The molecule has 23 heavy (non-hydrogen) atoms. The fraction of sp³-hybridized carbons (Fsp3) is 0.438. The first-order chi connectivity index (χ1) is 11.1. The van der Waals surface area contributed by atoms with Gasteiger partial charge in [0.1, 0.15) is 10.8 Å². The summed E-state index contributed by atoms with van der Waals surface area (Å²) in [7, 11) is 0. The number of hydrogen-bond acceptors (Lipinski definition) is 6. The second-order valence-electron chi connectivity index (χ2n) is 5.31. The van der Waals surface area contributed by atoms with Crippen molar-refractivity contribution in [3.63, 3.8) is 0 Å². The summed E-state index contributed by atoms with van der Waals surface area (Å²) >= 11 is 1.39. The van der Waals surface area contributed by atoms with Crippen molar-refractivity contribution in [2.75, 3.05) is 18.5 Å². The van der Waals surface area contributed by atoms with Gasteiger partial charge in [0.2, 0.25) is 11.0 Å². The molecule has 1 aromatic heterocycles. The number of rotatable bonds is 8. The fourth-order valence-corrected chi connectivity index (χ4v) is 2.78. The quantitative estimate of drug-likeness (QED) is 0.724. The van der Waals surface area contributed by atoms with E-state index >= 15 is 0 Å². The van der Waals surface area contributed by atoms with E-state index in [-0.39, 0.29) is 5.91 Å². The molecule has 1 heterocycles. The van der Waals surface area contributed by atoms with Gasteiger partial charge in [-0.25, -0.2) is 0 Å². The highest BCUT2D eigenvalue weighted by atomic mass is 32.1. The Hall–Kier alpha value is -1.99. The van der Waals surface area contributed by atoms with Crippen LogP contribution in [0.3, 0.4) is 0 Å². The molecule has 0 bridgehead atoms. The Bertz CT molecular complexity index is 657. The molecule has 0 aliphatic heterocycles. The number of carbonyl (C=O) groups excluding carboxylic acids is 1. The predicted octanol–water partition coefficient (Wildman–Crippen LogP) is 2.45. The number of aromatic nitrogens is 2. The minimum atomic E-state index is -0.131. The van der Waals surface area contributed by atoms with E-state index in [2.05, 4.69) is 27.6 Å². The van der Waals surface area contributed by atoms with Gasteiger partial charge in [-0.15, -0.1) is 10.2 Å². The molecule has 0 aliphatic carbocycles. The zero-order valence-electron chi connectivity index (χ0n) is 13.5. The summed E-state index contributed by atoms with van der Waals surface area (Å²) in [5, 5.41) is 12.1. The average molecular weight is 334 g/mol. The third kappa shape index (κ3) is 5.61. The molecule has 1 amide bonds. The molecular weight excluding hydrogens is 312 g/mol. The van der Waals surface area contributed by atoms with E-state index in [1.54, 1.807) is 0 Å². The monoisotopic (exact) mass is 334 g/mol. The summed E-state index contributed by atoms with van der Waals surface area (Å²) < 4.78 is 5.82. The molecule has 124 valence electrons. The number of hydrogen-bond donors (Lipinski definition) is 2. The average Bonchev–Trinajstić information content (AvgIpc) is 2.94. The van der Waals surface area contributed by atoms with E-state index in [1.807, 2.05) is 19.9 Å². The Morgan fingerprint density at radius 3 is 2.96 bits per heavy atom. The van der Waals surface area contributed by atoms with Gasteiger partial charge >= 0.3 is 0 Å². The molecule has 2 rings (SSSR count). The third-order valence-electron chi connectivity index (χ3n) is 3.22. The van der Waals surface area contributed by atoms with Crippen LogP contribution in [0.5, 0.6) is 5.75 Å². The van der Waals surface area contributed by atoms with Gasteiger partial charge in [0.15, 0.2) is 0 Å². The molecule has 6 nitrogen and oxygen atoms in total. The minimum Gasteiger partial charge on any atom is -0.493 e. The van der Waals surface area contributed by atoms with Crippen molar-refractivity contribution in [1.82, 2.24) is 10.2 Å². The second-order valence-corrected chi connectivity index (χ2v) is 6.37. The first-order valence-corrected chi connectivity index (χ1v) is 8.42. The third-order valence-corrected chi connectivity index (χ3v) is 4.12. The van der Waals surface area contributed by atoms with Gasteiger partial charge in [0.25, 0.3) is 0 Å². The number of anilines is 1. The number of aryl methyl sites for hydroxylation is 3. The standard InChI is InChI=1S/C16H22N4O2S/c1-11-5-6-12(2)13(10-11)22-9-3-4-15-19-20-16(23-15)18-14(21)7-8-17/h5-6,10H,3-4,7-9,17H2,1-2H3,(H,18,20,21). The van der Waals surface area contributed by atoms with Gasteiger partial charge in [-0.2, -0.15) is 0 Å². The SMILES string of the molecule is Cc1ccc(C)c(OCCCc2nnc(NC(=O)CCN)s2)c1. The molecule has 0 spiro atoms. The number of ether oxygens (including phenoxy) is 1. The summed E-state index contributed by atoms with van der Waals surface area (Å²) in [5.74, 6) is 0.797. The maximum atomic E-state index is 11.4. The summed E-state index contributed by atoms with van der Waals surface area (Å²) in [6, 6.07) is 6.18. The molecule has 0 fully saturated rings. The summed E-state index contributed by atoms with van der Waals surface area (Å²) in [5.41, 5.74) is 7.65. The predicted molar refractivity (Wildman–Crippen MR) is 91.9 cm³/mol. The van der Waals surface area contributed by atoms with Crippen molar-refractivity contribution in [1.29, 1.82) is 0 Å². The molecular formula is C16H22N4O2S. The number of amides is 1. The Kier molecular flexibility index (Phi) is 6.49. The van der Waals surface area contributed by atoms with Crippen LogP contribution < -0.4 is 15.8 Å². The second kappa shape index (κ2) is 8.59. The lowest BCUT2D eigenvalue weighted by atomic mass is 10.1. The van der Waals surface area contributed by atoms with Crippen molar-refractivity contribution in [3.8, 4) is 5.75 Å². The first-order valence-electron chi connectivity index (χ1n) is 7.61. The molecule has 3 N–H and O–H groups in total. The fourth-order valence-electron chi connectivity index (χ4n) is 1.99. The number of nitrogens with two attached hydrogens (primary N) is 1. The highest BCUT2D eigenvalue weighted by Gasteiger charge is 2.08. The molecule has 0 radical (unpaired) electrons. The van der Waals surface area contributed by atoms with Gasteiger partial charge in [0, 0.05) is 19.4 Å². The lowest BCUT2D eigenvalue weighted by Gasteiger charge is -2.09. The van der Waals surface area contributed by atoms with Crippen LogP contribution in [0.4, 0.5) is 5.13 Å². The zero-order chi connectivity index (χ0) is 16.7. The molecule has 1 aromatic carbocycles. The van der Waals surface area contributed by atoms with Crippen molar-refractivity contribution in [2.24, 2.45) is 5.73 Å². The normalized spacial score (nSPS) is 10.6. The van der Waals surface area contributed by atoms with Gasteiger partial charge < -0.3 is 15.8 Å². The lowest BCUT2D eigenvalue weighted by Crippen LogP contribution is -2.15. The van der Waals surface area contributed by atoms with Gasteiger partial charge in [-0.05, 0) is 37.5 Å². The highest BCUT2D eigenvalue weighted by Crippen LogP contribution is 2.20. The molecule has 0 aliphatic rings. The number of nitrogens with zero attached hydrogens (tertiary/aromatic N) is 2. The van der Waals surface area contributed by atoms with E-state index in [4.69, 9.17) is 10.5 Å². The topological polar surface area (TPSA) is 90.1 Å². The molecule has 0 saturated heterocycles. The van der Waals surface area contributed by atoms with Crippen LogP contribution in [-0.4, -0.2) is 29.3 Å². The van der Waals surface area contributed by atoms with Crippen molar-refractivity contribution in [3.05, 3.63) is 34.3 Å². The van der Waals surface area contributed by atoms with Crippen molar-refractivity contribution < 1.29 is 9.53 Å². The van der Waals surface area contributed by atoms with Crippen LogP contribution in [-0.2, 0) is 11.2 Å². The number of benzene rings is 1. The largest absolute Gasteiger partial charge is 0.493 e. The maximum Gasteiger partial charge on any atom is 0.227 e. The Morgan fingerprint density at radius 1 is 1.35 bits per heavy atom. The van der Waals surface area contributed by atoms with E-state index in [0.717, 1.165) is 29.2 Å². The molecule has 0 saturated carbocycles. The zero-order valence-corrected chi connectivity index (χ0v) is 14.3. The van der Waals surface area contributed by atoms with Crippen molar-refractivity contribution >= 4 is 22.4 Å². The van der Waals surface area contributed by atoms with Crippen LogP contribution in [0.25, 0.3) is 0 Å². The van der Waals surface area contributed by atoms with Gasteiger partial charge in [-0.3, -0.25) is 4.79 Å². The molecule has 0 unspecified atom stereocenters.